The van der Waals surface area contributed by atoms with Gasteiger partial charge in [0.1, 0.15) is 0 Å². The molecule has 2 saturated carbocycles. The van der Waals surface area contributed by atoms with E-state index < -0.39 is 0 Å². The van der Waals surface area contributed by atoms with Crippen molar-refractivity contribution >= 4 is 5.91 Å². The molecule has 1 heterocycles. The molecule has 3 fully saturated rings. The molecule has 2 aliphatic carbocycles. The first kappa shape index (κ1) is 15.3. The molecular weight excluding hydrogens is 260 g/mol. The van der Waals surface area contributed by atoms with Crippen LogP contribution in [-0.4, -0.2) is 28.6 Å². The Morgan fingerprint density at radius 1 is 1.14 bits per heavy atom. The molecule has 3 aliphatic rings. The van der Waals surface area contributed by atoms with Crippen LogP contribution in [0.1, 0.15) is 85.0 Å². The molecule has 0 aromatic rings. The highest BCUT2D eigenvalue weighted by Crippen LogP contribution is 2.45. The lowest BCUT2D eigenvalue weighted by molar-refractivity contribution is -0.139. The molecule has 0 aromatic heterocycles. The van der Waals surface area contributed by atoms with Crippen molar-refractivity contribution in [2.75, 3.05) is 0 Å². The number of nitrogens with zero attached hydrogens (tertiary/aromatic N) is 1. The number of carbonyl (C=O) groups excluding carboxylic acids is 1. The van der Waals surface area contributed by atoms with Crippen LogP contribution >= 0.6 is 0 Å². The predicted molar refractivity (Wildman–Crippen MR) is 85.9 cm³/mol. The summed E-state index contributed by atoms with van der Waals surface area (Å²) in [7, 11) is 0. The summed E-state index contributed by atoms with van der Waals surface area (Å²) in [4.78, 5) is 15.6. The van der Waals surface area contributed by atoms with Crippen LogP contribution in [0.25, 0.3) is 0 Å². The van der Waals surface area contributed by atoms with Gasteiger partial charge in [-0.15, -0.1) is 0 Å². The van der Waals surface area contributed by atoms with Crippen LogP contribution in [-0.2, 0) is 4.79 Å². The number of nitrogens with one attached hydrogen (secondary N) is 1. The second-order valence-electron chi connectivity index (χ2n) is 8.20. The number of rotatable bonds is 3. The summed E-state index contributed by atoms with van der Waals surface area (Å²) < 4.78 is 0. The first-order valence-electron chi connectivity index (χ1n) is 9.11. The zero-order valence-electron chi connectivity index (χ0n) is 14.1. The first-order valence-corrected chi connectivity index (χ1v) is 9.11. The standard InChI is InChI=1S/C18H32N2O/c1-4-9-15-19-18(12-7-8-13-18)16(21)20(15)14-10-5-6-11-17(14,2)3/h14-15,19H,4-13H2,1-3H3. The topological polar surface area (TPSA) is 32.3 Å². The van der Waals surface area contributed by atoms with E-state index in [-0.39, 0.29) is 17.1 Å². The van der Waals surface area contributed by atoms with Gasteiger partial charge < -0.3 is 4.90 Å². The molecule has 3 rings (SSSR count). The molecule has 1 saturated heterocycles. The molecule has 0 bridgehead atoms. The molecule has 3 heteroatoms. The summed E-state index contributed by atoms with van der Waals surface area (Å²) in [5.41, 5.74) is 0.0685. The zero-order valence-corrected chi connectivity index (χ0v) is 14.1. The van der Waals surface area contributed by atoms with Crippen LogP contribution in [0.5, 0.6) is 0 Å². The summed E-state index contributed by atoms with van der Waals surface area (Å²) >= 11 is 0. The molecule has 2 atom stereocenters. The molecule has 1 N–H and O–H groups in total. The Kier molecular flexibility index (Phi) is 4.06. The van der Waals surface area contributed by atoms with Gasteiger partial charge in [0.05, 0.1) is 11.7 Å². The molecule has 1 aliphatic heterocycles. The van der Waals surface area contributed by atoms with Crippen LogP contribution in [0.4, 0.5) is 0 Å². The monoisotopic (exact) mass is 292 g/mol. The third kappa shape index (κ3) is 2.52. The SMILES string of the molecule is CCCC1NC2(CCCC2)C(=O)N1C1CCCCC1(C)C. The Bertz CT molecular complexity index is 398. The number of amides is 1. The Morgan fingerprint density at radius 2 is 1.81 bits per heavy atom. The van der Waals surface area contributed by atoms with E-state index in [0.717, 1.165) is 25.7 Å². The molecular formula is C18H32N2O. The van der Waals surface area contributed by atoms with E-state index in [1.165, 1.54) is 38.5 Å². The van der Waals surface area contributed by atoms with Gasteiger partial charge in [-0.3, -0.25) is 10.1 Å². The zero-order chi connectivity index (χ0) is 15.1. The molecule has 0 radical (unpaired) electrons. The van der Waals surface area contributed by atoms with Crippen molar-refractivity contribution in [3.8, 4) is 0 Å². The van der Waals surface area contributed by atoms with Gasteiger partial charge in [0.15, 0.2) is 0 Å². The quantitative estimate of drug-likeness (QED) is 0.857. The van der Waals surface area contributed by atoms with E-state index in [1.807, 2.05) is 0 Å². The van der Waals surface area contributed by atoms with Crippen LogP contribution in [0.2, 0.25) is 0 Å². The van der Waals surface area contributed by atoms with Crippen molar-refractivity contribution in [2.45, 2.75) is 103 Å². The third-order valence-electron chi connectivity index (χ3n) is 6.23. The minimum absolute atomic E-state index is 0.201. The van der Waals surface area contributed by atoms with Crippen molar-refractivity contribution in [3.63, 3.8) is 0 Å². The van der Waals surface area contributed by atoms with Crippen LogP contribution in [0, 0.1) is 5.41 Å². The van der Waals surface area contributed by atoms with E-state index in [9.17, 15) is 4.79 Å². The normalized spacial score (nSPS) is 34.8. The molecule has 2 unspecified atom stereocenters. The van der Waals surface area contributed by atoms with Crippen molar-refractivity contribution in [2.24, 2.45) is 5.41 Å². The van der Waals surface area contributed by atoms with E-state index in [4.69, 9.17) is 0 Å². The minimum atomic E-state index is -0.201. The van der Waals surface area contributed by atoms with Gasteiger partial charge in [0, 0.05) is 6.04 Å². The largest absolute Gasteiger partial charge is 0.322 e. The van der Waals surface area contributed by atoms with Crippen LogP contribution in [0.15, 0.2) is 0 Å². The van der Waals surface area contributed by atoms with Crippen LogP contribution < -0.4 is 5.32 Å². The van der Waals surface area contributed by atoms with Gasteiger partial charge in [-0.1, -0.05) is 52.9 Å². The highest BCUT2D eigenvalue weighted by Gasteiger charge is 2.55. The van der Waals surface area contributed by atoms with Gasteiger partial charge in [0.2, 0.25) is 5.91 Å². The van der Waals surface area contributed by atoms with E-state index in [2.05, 4.69) is 31.0 Å². The smallest absolute Gasteiger partial charge is 0.244 e. The van der Waals surface area contributed by atoms with Crippen molar-refractivity contribution < 1.29 is 4.79 Å². The summed E-state index contributed by atoms with van der Waals surface area (Å²) in [6, 6.07) is 0.433. The Morgan fingerprint density at radius 3 is 2.43 bits per heavy atom. The average Bonchev–Trinajstić information content (AvgIpc) is 2.99. The van der Waals surface area contributed by atoms with Gasteiger partial charge in [0.25, 0.3) is 0 Å². The lowest BCUT2D eigenvalue weighted by Crippen LogP contribution is -2.53. The Labute approximate surface area is 129 Å². The fourth-order valence-electron chi connectivity index (χ4n) is 5.01. The fraction of sp³-hybridized carbons (Fsp3) is 0.944. The molecule has 3 nitrogen and oxygen atoms in total. The van der Waals surface area contributed by atoms with Crippen LogP contribution in [0.3, 0.4) is 0 Å². The van der Waals surface area contributed by atoms with Crippen molar-refractivity contribution in [1.82, 2.24) is 10.2 Å². The van der Waals surface area contributed by atoms with Gasteiger partial charge in [-0.05, 0) is 37.5 Å². The fourth-order valence-corrected chi connectivity index (χ4v) is 5.01. The predicted octanol–water partition coefficient (Wildman–Crippen LogP) is 3.83. The lowest BCUT2D eigenvalue weighted by atomic mass is 9.72. The highest BCUT2D eigenvalue weighted by atomic mass is 16.2. The molecule has 21 heavy (non-hydrogen) atoms. The second-order valence-corrected chi connectivity index (χ2v) is 8.20. The molecule has 0 aromatic carbocycles. The molecule has 1 amide bonds. The molecule has 1 spiro atoms. The van der Waals surface area contributed by atoms with Gasteiger partial charge in [-0.25, -0.2) is 0 Å². The average molecular weight is 292 g/mol. The summed E-state index contributed by atoms with van der Waals surface area (Å²) in [6.07, 6.45) is 12.1. The van der Waals surface area contributed by atoms with E-state index in [1.54, 1.807) is 0 Å². The van der Waals surface area contributed by atoms with Crippen molar-refractivity contribution in [1.29, 1.82) is 0 Å². The van der Waals surface area contributed by atoms with E-state index >= 15 is 0 Å². The first-order chi connectivity index (χ1) is 10.0. The number of carbonyl (C=O) groups is 1. The van der Waals surface area contributed by atoms with Crippen molar-refractivity contribution in [3.05, 3.63) is 0 Å². The lowest BCUT2D eigenvalue weighted by Gasteiger charge is -2.46. The Balaban J connectivity index is 1.88. The highest BCUT2D eigenvalue weighted by molar-refractivity contribution is 5.89. The van der Waals surface area contributed by atoms with Gasteiger partial charge >= 0.3 is 0 Å². The second kappa shape index (κ2) is 5.57. The maximum atomic E-state index is 13.3. The Hall–Kier alpha value is -0.570. The summed E-state index contributed by atoms with van der Waals surface area (Å²) in [5, 5.41) is 3.78. The maximum Gasteiger partial charge on any atom is 0.244 e. The number of hydrogen-bond acceptors (Lipinski definition) is 2. The molecule has 120 valence electrons. The van der Waals surface area contributed by atoms with Gasteiger partial charge in [-0.2, -0.15) is 0 Å². The van der Waals surface area contributed by atoms with E-state index in [0.29, 0.717) is 11.9 Å². The maximum absolute atomic E-state index is 13.3. The third-order valence-corrected chi connectivity index (χ3v) is 6.23. The minimum Gasteiger partial charge on any atom is -0.322 e. The summed E-state index contributed by atoms with van der Waals surface area (Å²) in [5.74, 6) is 0.429. The number of hydrogen-bond donors (Lipinski definition) is 1. The summed E-state index contributed by atoms with van der Waals surface area (Å²) in [6.45, 7) is 6.97.